The molecule has 1 saturated carbocycles. The number of carbonyl (C=O) groups excluding carboxylic acids is 1. The molecule has 4 aromatic rings. The third-order valence-corrected chi connectivity index (χ3v) is 6.67. The summed E-state index contributed by atoms with van der Waals surface area (Å²) in [7, 11) is 0. The number of anilines is 1. The molecule has 0 bridgehead atoms. The fraction of sp³-hybridized carbons (Fsp3) is 0.267. The van der Waals surface area contributed by atoms with Gasteiger partial charge in [-0.1, -0.05) is 54.6 Å². The second-order valence-corrected chi connectivity index (χ2v) is 10.6. The Hall–Kier alpha value is -4.26. The number of amides is 2. The maximum Gasteiger partial charge on any atom is 0.316 e. The minimum atomic E-state index is -0.607. The van der Waals surface area contributed by atoms with E-state index >= 15 is 0 Å². The van der Waals surface area contributed by atoms with Gasteiger partial charge in [-0.3, -0.25) is 4.40 Å². The van der Waals surface area contributed by atoms with E-state index in [1.807, 2.05) is 61.7 Å². The van der Waals surface area contributed by atoms with E-state index in [9.17, 15) is 4.79 Å². The number of rotatable bonds is 7. The van der Waals surface area contributed by atoms with Crippen molar-refractivity contribution in [1.82, 2.24) is 14.7 Å². The standard InChI is InChI=1S/C30H33N5O2/c1-20(37-29(2,3)4)34-30(16-8-17-30)23-13-11-21(12-14-23)26-27(22-9-6-5-7-10-22)35-18-15-24(32-28(31)36)19-25(35)33-26/h5-7,9-15,18-19,34H,1,8,16-17H2,2-4H3,(H3,31,32,36). The highest BCUT2D eigenvalue weighted by atomic mass is 16.5. The first-order valence-corrected chi connectivity index (χ1v) is 12.5. The molecule has 7 heteroatoms. The van der Waals surface area contributed by atoms with Gasteiger partial charge in [0.2, 0.25) is 0 Å². The zero-order valence-electron chi connectivity index (χ0n) is 21.5. The monoisotopic (exact) mass is 495 g/mol. The van der Waals surface area contributed by atoms with Gasteiger partial charge in [-0.2, -0.15) is 0 Å². The summed E-state index contributed by atoms with van der Waals surface area (Å²) in [6.07, 6.45) is 5.11. The lowest BCUT2D eigenvalue weighted by molar-refractivity contribution is 0.0220. The summed E-state index contributed by atoms with van der Waals surface area (Å²) >= 11 is 0. The van der Waals surface area contributed by atoms with E-state index in [4.69, 9.17) is 15.5 Å². The molecular formula is C30H33N5O2. The number of hydrogen-bond acceptors (Lipinski definition) is 4. The summed E-state index contributed by atoms with van der Waals surface area (Å²) < 4.78 is 8.00. The molecule has 2 amide bonds. The molecule has 0 unspecified atom stereocenters. The van der Waals surface area contributed by atoms with Crippen LogP contribution in [0.5, 0.6) is 0 Å². The van der Waals surface area contributed by atoms with E-state index in [-0.39, 0.29) is 11.1 Å². The maximum atomic E-state index is 11.4. The molecular weight excluding hydrogens is 462 g/mol. The second kappa shape index (κ2) is 9.32. The molecule has 2 heterocycles. The highest BCUT2D eigenvalue weighted by Gasteiger charge is 2.39. The number of aromatic nitrogens is 2. The fourth-order valence-electron chi connectivity index (χ4n) is 4.96. The van der Waals surface area contributed by atoms with Crippen LogP contribution < -0.4 is 16.4 Å². The quantitative estimate of drug-likeness (QED) is 0.258. The number of hydrogen-bond donors (Lipinski definition) is 3. The number of imidazole rings is 1. The molecule has 7 nitrogen and oxygen atoms in total. The first-order chi connectivity index (χ1) is 17.6. The summed E-state index contributed by atoms with van der Waals surface area (Å²) in [6.45, 7) is 10.2. The lowest BCUT2D eigenvalue weighted by Gasteiger charge is -2.44. The van der Waals surface area contributed by atoms with Gasteiger partial charge in [0.25, 0.3) is 0 Å². The maximum absolute atomic E-state index is 11.4. The molecule has 5 rings (SSSR count). The van der Waals surface area contributed by atoms with Crippen LogP contribution in [-0.4, -0.2) is 21.0 Å². The molecule has 2 aromatic carbocycles. The van der Waals surface area contributed by atoms with Crippen LogP contribution in [0.4, 0.5) is 10.5 Å². The number of primary amides is 1. The number of nitrogens with one attached hydrogen (secondary N) is 2. The molecule has 37 heavy (non-hydrogen) atoms. The third kappa shape index (κ3) is 5.03. The van der Waals surface area contributed by atoms with Gasteiger partial charge in [0.05, 0.1) is 16.9 Å². The number of ether oxygens (including phenoxy) is 1. The number of nitrogens with two attached hydrogens (primary N) is 1. The largest absolute Gasteiger partial charge is 0.474 e. The van der Waals surface area contributed by atoms with Crippen LogP contribution in [0.1, 0.15) is 45.6 Å². The van der Waals surface area contributed by atoms with Crippen molar-refractivity contribution in [2.75, 3.05) is 5.32 Å². The highest BCUT2D eigenvalue weighted by Crippen LogP contribution is 2.43. The van der Waals surface area contributed by atoms with Crippen LogP contribution in [0, 0.1) is 0 Å². The van der Waals surface area contributed by atoms with E-state index in [0.29, 0.717) is 11.6 Å². The molecule has 0 spiro atoms. The summed E-state index contributed by atoms with van der Waals surface area (Å²) in [4.78, 5) is 16.3. The number of fused-ring (bicyclic) bond motifs is 1. The average molecular weight is 496 g/mol. The van der Waals surface area contributed by atoms with E-state index in [1.165, 1.54) is 5.56 Å². The molecule has 1 aliphatic carbocycles. The Labute approximate surface area is 217 Å². The molecule has 2 aromatic heterocycles. The van der Waals surface area contributed by atoms with Gasteiger partial charge in [-0.15, -0.1) is 0 Å². The average Bonchev–Trinajstić information content (AvgIpc) is 3.19. The zero-order valence-corrected chi connectivity index (χ0v) is 21.5. The van der Waals surface area contributed by atoms with Gasteiger partial charge in [-0.05, 0) is 58.2 Å². The van der Waals surface area contributed by atoms with Crippen molar-refractivity contribution in [3.63, 3.8) is 0 Å². The summed E-state index contributed by atoms with van der Waals surface area (Å²) in [5.74, 6) is 0.600. The Bertz CT molecular complexity index is 1450. The van der Waals surface area contributed by atoms with Crippen molar-refractivity contribution in [2.24, 2.45) is 5.73 Å². The first-order valence-electron chi connectivity index (χ1n) is 12.5. The molecule has 190 valence electrons. The summed E-state index contributed by atoms with van der Waals surface area (Å²) in [5.41, 5.74) is 11.3. The van der Waals surface area contributed by atoms with Gasteiger partial charge < -0.3 is 21.1 Å². The van der Waals surface area contributed by atoms with Gasteiger partial charge >= 0.3 is 6.03 Å². The lowest BCUT2D eigenvalue weighted by Crippen LogP contribution is -2.48. The number of carbonyl (C=O) groups is 1. The van der Waals surface area contributed by atoms with Gasteiger partial charge in [0.1, 0.15) is 11.2 Å². The molecule has 1 fully saturated rings. The van der Waals surface area contributed by atoms with Crippen molar-refractivity contribution < 1.29 is 9.53 Å². The smallest absolute Gasteiger partial charge is 0.316 e. The topological polar surface area (TPSA) is 93.7 Å². The molecule has 0 aliphatic heterocycles. The van der Waals surface area contributed by atoms with Crippen molar-refractivity contribution in [3.05, 3.63) is 91.0 Å². The lowest BCUT2D eigenvalue weighted by atomic mass is 9.71. The Kier molecular flexibility index (Phi) is 6.15. The Morgan fingerprint density at radius 3 is 2.35 bits per heavy atom. The highest BCUT2D eigenvalue weighted by molar-refractivity contribution is 5.89. The SMILES string of the molecule is C=C(NC1(c2ccc(-c3nc4cc(NC(N)=O)ccn4c3-c3ccccc3)cc2)CCC1)OC(C)(C)C. The van der Waals surface area contributed by atoms with E-state index < -0.39 is 6.03 Å². The van der Waals surface area contributed by atoms with Gasteiger partial charge in [0, 0.05) is 29.1 Å². The van der Waals surface area contributed by atoms with Crippen LogP contribution in [-0.2, 0) is 10.3 Å². The van der Waals surface area contributed by atoms with Crippen molar-refractivity contribution in [3.8, 4) is 22.5 Å². The molecule has 0 radical (unpaired) electrons. The second-order valence-electron chi connectivity index (χ2n) is 10.6. The summed E-state index contributed by atoms with van der Waals surface area (Å²) in [5, 5.41) is 6.19. The van der Waals surface area contributed by atoms with Crippen LogP contribution in [0.15, 0.2) is 85.4 Å². The third-order valence-electron chi connectivity index (χ3n) is 6.67. The fourth-order valence-corrected chi connectivity index (χ4v) is 4.96. The van der Waals surface area contributed by atoms with Gasteiger partial charge in [-0.25, -0.2) is 9.78 Å². The van der Waals surface area contributed by atoms with E-state index in [0.717, 1.165) is 47.4 Å². The summed E-state index contributed by atoms with van der Waals surface area (Å²) in [6, 6.07) is 21.8. The molecule has 1 aliphatic rings. The molecule has 0 saturated heterocycles. The predicted molar refractivity (Wildman–Crippen MR) is 148 cm³/mol. The predicted octanol–water partition coefficient (Wildman–Crippen LogP) is 6.41. The van der Waals surface area contributed by atoms with Gasteiger partial charge in [0.15, 0.2) is 5.88 Å². The number of benzene rings is 2. The van der Waals surface area contributed by atoms with Crippen LogP contribution >= 0.6 is 0 Å². The molecule has 4 N–H and O–H groups in total. The van der Waals surface area contributed by atoms with Crippen LogP contribution in [0.2, 0.25) is 0 Å². The Morgan fingerprint density at radius 1 is 1.05 bits per heavy atom. The Morgan fingerprint density at radius 2 is 1.76 bits per heavy atom. The van der Waals surface area contributed by atoms with Crippen molar-refractivity contribution in [2.45, 2.75) is 51.2 Å². The first kappa shape index (κ1) is 24.4. The van der Waals surface area contributed by atoms with Crippen molar-refractivity contribution in [1.29, 1.82) is 0 Å². The van der Waals surface area contributed by atoms with Crippen LogP contribution in [0.25, 0.3) is 28.2 Å². The Balaban J connectivity index is 1.52. The minimum absolute atomic E-state index is 0.169. The number of urea groups is 1. The van der Waals surface area contributed by atoms with Crippen LogP contribution in [0.3, 0.4) is 0 Å². The minimum Gasteiger partial charge on any atom is -0.474 e. The number of pyridine rings is 1. The van der Waals surface area contributed by atoms with Crippen molar-refractivity contribution >= 4 is 17.4 Å². The number of nitrogens with zero attached hydrogens (tertiary/aromatic N) is 2. The van der Waals surface area contributed by atoms with E-state index in [1.54, 1.807) is 0 Å². The molecule has 0 atom stereocenters. The zero-order chi connectivity index (χ0) is 26.2. The normalized spacial score (nSPS) is 14.6. The van der Waals surface area contributed by atoms with E-state index in [2.05, 4.69) is 53.6 Å².